The zero-order valence-corrected chi connectivity index (χ0v) is 16.8. The van der Waals surface area contributed by atoms with Crippen molar-refractivity contribution in [2.75, 3.05) is 6.54 Å². The molecule has 8 heteroatoms. The molecule has 156 valence electrons. The number of furan rings is 1. The van der Waals surface area contributed by atoms with Crippen LogP contribution >= 0.6 is 0 Å². The van der Waals surface area contributed by atoms with E-state index >= 15 is 0 Å². The Morgan fingerprint density at radius 1 is 1.10 bits per heavy atom. The third kappa shape index (κ3) is 4.88. The van der Waals surface area contributed by atoms with Gasteiger partial charge in [-0.25, -0.2) is 4.39 Å². The van der Waals surface area contributed by atoms with Crippen molar-refractivity contribution >= 4 is 16.0 Å². The molecule has 4 rings (SSSR count). The van der Waals surface area contributed by atoms with Gasteiger partial charge in [-0.05, 0) is 72.9 Å². The molecule has 0 N–H and O–H groups in total. The highest BCUT2D eigenvalue weighted by atomic mass is 32.2. The molecule has 0 unspecified atom stereocenters. The summed E-state index contributed by atoms with van der Waals surface area (Å²) in [5.74, 6) is 0.114. The van der Waals surface area contributed by atoms with Gasteiger partial charge in [0.1, 0.15) is 16.5 Å². The number of carbonyl (C=O) groups excluding carboxylic acids is 1. The highest BCUT2D eigenvalue weighted by Gasteiger charge is 2.28. The predicted molar refractivity (Wildman–Crippen MR) is 107 cm³/mol. The molecule has 1 fully saturated rings. The number of nitrogens with zero attached hydrogens (tertiary/aromatic N) is 1. The first-order valence-corrected chi connectivity index (χ1v) is 10.9. The largest absolute Gasteiger partial charge is 0.459 e. The molecule has 2 aromatic carbocycles. The van der Waals surface area contributed by atoms with Crippen molar-refractivity contribution in [3.8, 4) is 5.75 Å². The lowest BCUT2D eigenvalue weighted by Crippen LogP contribution is -2.32. The first-order valence-electron chi connectivity index (χ1n) is 9.52. The highest BCUT2D eigenvalue weighted by Crippen LogP contribution is 2.31. The Hall–Kier alpha value is -3.13. The average molecular weight is 429 g/mol. The Labute approximate surface area is 174 Å². The van der Waals surface area contributed by atoms with E-state index < -0.39 is 15.9 Å². The summed E-state index contributed by atoms with van der Waals surface area (Å²) in [6.07, 6.45) is 3.62. The summed E-state index contributed by atoms with van der Waals surface area (Å²) in [6, 6.07) is 14.3. The number of carbonyl (C=O) groups is 1. The van der Waals surface area contributed by atoms with Gasteiger partial charge >= 0.3 is 10.1 Å². The second-order valence-corrected chi connectivity index (χ2v) is 8.79. The van der Waals surface area contributed by atoms with E-state index in [2.05, 4.69) is 0 Å². The number of benzene rings is 2. The van der Waals surface area contributed by atoms with Gasteiger partial charge < -0.3 is 13.5 Å². The van der Waals surface area contributed by atoms with Crippen LogP contribution in [0.2, 0.25) is 0 Å². The average Bonchev–Trinajstić information content (AvgIpc) is 3.36. The molecule has 0 aliphatic heterocycles. The van der Waals surface area contributed by atoms with Crippen molar-refractivity contribution in [3.05, 3.63) is 84.1 Å². The van der Waals surface area contributed by atoms with Crippen LogP contribution in [-0.4, -0.2) is 25.8 Å². The Morgan fingerprint density at radius 2 is 1.87 bits per heavy atom. The fourth-order valence-corrected chi connectivity index (χ4v) is 4.00. The van der Waals surface area contributed by atoms with Crippen LogP contribution in [0.5, 0.6) is 5.75 Å². The second kappa shape index (κ2) is 8.31. The van der Waals surface area contributed by atoms with Crippen LogP contribution in [0.3, 0.4) is 0 Å². The normalized spacial score (nSPS) is 13.8. The molecule has 0 spiro atoms. The zero-order valence-electron chi connectivity index (χ0n) is 16.0. The molecule has 6 nitrogen and oxygen atoms in total. The maximum Gasteiger partial charge on any atom is 0.339 e. The Bertz CT molecular complexity index is 1120. The van der Waals surface area contributed by atoms with Gasteiger partial charge in [-0.2, -0.15) is 8.42 Å². The number of halogens is 1. The van der Waals surface area contributed by atoms with Gasteiger partial charge in [0.2, 0.25) is 0 Å². The minimum atomic E-state index is -4.10. The van der Waals surface area contributed by atoms with Crippen molar-refractivity contribution in [1.29, 1.82) is 0 Å². The molecular formula is C22H20FNO5S. The Kier molecular flexibility index (Phi) is 5.59. The van der Waals surface area contributed by atoms with Crippen molar-refractivity contribution in [3.63, 3.8) is 0 Å². The third-order valence-corrected chi connectivity index (χ3v) is 6.04. The lowest BCUT2D eigenvalue weighted by Gasteiger charge is -2.22. The Morgan fingerprint density at radius 3 is 2.53 bits per heavy atom. The number of hydrogen-bond acceptors (Lipinski definition) is 5. The lowest BCUT2D eigenvalue weighted by molar-refractivity contribution is 0.0702. The topological polar surface area (TPSA) is 76.8 Å². The molecule has 0 radical (unpaired) electrons. The van der Waals surface area contributed by atoms with Crippen molar-refractivity contribution in [1.82, 2.24) is 4.90 Å². The number of hydrogen-bond donors (Lipinski definition) is 0. The van der Waals surface area contributed by atoms with Crippen LogP contribution in [0.15, 0.2) is 76.2 Å². The summed E-state index contributed by atoms with van der Waals surface area (Å²) in [7, 11) is -4.10. The van der Waals surface area contributed by atoms with Crippen LogP contribution in [-0.2, 0) is 16.7 Å². The first kappa shape index (κ1) is 20.2. The molecule has 1 saturated carbocycles. The highest BCUT2D eigenvalue weighted by molar-refractivity contribution is 7.87. The van der Waals surface area contributed by atoms with Gasteiger partial charge in [0.05, 0.1) is 6.26 Å². The fourth-order valence-electron chi connectivity index (χ4n) is 3.08. The minimum absolute atomic E-state index is 0.119. The van der Waals surface area contributed by atoms with Gasteiger partial charge in [-0.1, -0.05) is 12.1 Å². The Balaban J connectivity index is 1.51. The molecule has 1 amide bonds. The van der Waals surface area contributed by atoms with Gasteiger partial charge in [0.15, 0.2) is 5.76 Å². The number of amides is 1. The molecule has 0 bridgehead atoms. The molecule has 3 aromatic rings. The van der Waals surface area contributed by atoms with Gasteiger partial charge in [0, 0.05) is 13.1 Å². The van der Waals surface area contributed by atoms with E-state index in [1.54, 1.807) is 35.2 Å². The quantitative estimate of drug-likeness (QED) is 0.501. The molecule has 0 atom stereocenters. The molecule has 1 heterocycles. The van der Waals surface area contributed by atoms with Gasteiger partial charge in [-0.15, -0.1) is 0 Å². The second-order valence-electron chi connectivity index (χ2n) is 7.25. The summed E-state index contributed by atoms with van der Waals surface area (Å²) in [5, 5.41) is 0. The van der Waals surface area contributed by atoms with Crippen LogP contribution in [0.4, 0.5) is 4.39 Å². The summed E-state index contributed by atoms with van der Waals surface area (Å²) in [5.41, 5.74) is 0.724. The van der Waals surface area contributed by atoms with Gasteiger partial charge in [0.25, 0.3) is 5.91 Å². The van der Waals surface area contributed by atoms with Crippen LogP contribution in [0.25, 0.3) is 0 Å². The number of rotatable bonds is 8. The first-order chi connectivity index (χ1) is 14.4. The maximum absolute atomic E-state index is 13.1. The SMILES string of the molecule is O=C(c1ccco1)N(Cc1cccc(OS(=O)(=O)c2ccc(F)cc2)c1)CC1CC1. The van der Waals surface area contributed by atoms with Crippen LogP contribution < -0.4 is 4.18 Å². The lowest BCUT2D eigenvalue weighted by atomic mass is 10.2. The standard InChI is InChI=1S/C22H20FNO5S/c23-18-8-10-20(11-9-18)30(26,27)29-19-4-1-3-17(13-19)15-24(14-16-6-7-16)22(25)21-5-2-12-28-21/h1-5,8-13,16H,6-7,14-15H2. The zero-order chi connectivity index (χ0) is 21.1. The van der Waals surface area contributed by atoms with E-state index in [1.165, 1.54) is 12.3 Å². The predicted octanol–water partition coefficient (Wildman–Crippen LogP) is 4.24. The summed E-state index contributed by atoms with van der Waals surface area (Å²) in [6.45, 7) is 0.905. The van der Waals surface area contributed by atoms with E-state index in [4.69, 9.17) is 8.60 Å². The van der Waals surface area contributed by atoms with E-state index in [0.29, 0.717) is 19.0 Å². The molecule has 0 saturated heterocycles. The molecule has 1 aromatic heterocycles. The smallest absolute Gasteiger partial charge is 0.339 e. The molecule has 30 heavy (non-hydrogen) atoms. The molecular weight excluding hydrogens is 409 g/mol. The van der Waals surface area contributed by atoms with Crippen molar-refractivity contribution in [2.24, 2.45) is 5.92 Å². The minimum Gasteiger partial charge on any atom is -0.459 e. The fraction of sp³-hybridized carbons (Fsp3) is 0.227. The summed E-state index contributed by atoms with van der Waals surface area (Å²) >= 11 is 0. The van der Waals surface area contributed by atoms with Crippen LogP contribution in [0, 0.1) is 11.7 Å². The summed E-state index contributed by atoms with van der Waals surface area (Å²) < 4.78 is 48.4. The van der Waals surface area contributed by atoms with E-state index in [1.807, 2.05) is 0 Å². The third-order valence-electron chi connectivity index (χ3n) is 4.77. The maximum atomic E-state index is 13.1. The van der Waals surface area contributed by atoms with Crippen LogP contribution in [0.1, 0.15) is 29.0 Å². The monoisotopic (exact) mass is 429 g/mol. The van der Waals surface area contributed by atoms with E-state index in [0.717, 1.165) is 42.7 Å². The molecule has 1 aliphatic carbocycles. The van der Waals surface area contributed by atoms with E-state index in [-0.39, 0.29) is 22.3 Å². The van der Waals surface area contributed by atoms with Crippen molar-refractivity contribution in [2.45, 2.75) is 24.3 Å². The van der Waals surface area contributed by atoms with Crippen molar-refractivity contribution < 1.29 is 26.2 Å². The van der Waals surface area contributed by atoms with E-state index in [9.17, 15) is 17.6 Å². The van der Waals surface area contributed by atoms with Gasteiger partial charge in [-0.3, -0.25) is 4.79 Å². The summed E-state index contributed by atoms with van der Waals surface area (Å²) in [4.78, 5) is 14.3. The molecule has 1 aliphatic rings.